The molecule has 0 spiro atoms. The van der Waals surface area contributed by atoms with Crippen LogP contribution in [0.5, 0.6) is 0 Å². The van der Waals surface area contributed by atoms with Crippen LogP contribution in [0.25, 0.3) is 0 Å². The van der Waals surface area contributed by atoms with E-state index in [1.54, 1.807) is 0 Å². The van der Waals surface area contributed by atoms with Crippen LogP contribution in [0.2, 0.25) is 0 Å². The summed E-state index contributed by atoms with van der Waals surface area (Å²) < 4.78 is 0. The molecule has 0 aromatic heterocycles. The highest BCUT2D eigenvalue weighted by molar-refractivity contribution is 5.31. The van der Waals surface area contributed by atoms with Gasteiger partial charge in [0.2, 0.25) is 0 Å². The highest BCUT2D eigenvalue weighted by Gasteiger charge is 2.22. The van der Waals surface area contributed by atoms with E-state index in [0.29, 0.717) is 5.41 Å². The van der Waals surface area contributed by atoms with Crippen LogP contribution >= 0.6 is 0 Å². The van der Waals surface area contributed by atoms with Gasteiger partial charge in [0, 0.05) is 5.41 Å². The zero-order valence-corrected chi connectivity index (χ0v) is 7.15. The van der Waals surface area contributed by atoms with Gasteiger partial charge in [-0.05, 0) is 19.8 Å². The van der Waals surface area contributed by atoms with Crippen LogP contribution in [0.15, 0.2) is 23.8 Å². The largest absolute Gasteiger partial charge is 0.0743 e. The van der Waals surface area contributed by atoms with Crippen molar-refractivity contribution in [1.82, 2.24) is 0 Å². The Morgan fingerprint density at radius 1 is 1.30 bits per heavy atom. The molecular formula is C10H16. The molecule has 1 rings (SSSR count). The Bertz CT molecular complexity index is 168. The van der Waals surface area contributed by atoms with Gasteiger partial charge in [0.05, 0.1) is 0 Å². The summed E-state index contributed by atoms with van der Waals surface area (Å²) >= 11 is 0. The fraction of sp³-hybridized carbons (Fsp3) is 0.600. The molecule has 1 aliphatic carbocycles. The van der Waals surface area contributed by atoms with Gasteiger partial charge in [0.15, 0.2) is 0 Å². The van der Waals surface area contributed by atoms with Crippen LogP contribution in [-0.4, -0.2) is 0 Å². The van der Waals surface area contributed by atoms with Gasteiger partial charge in [-0.3, -0.25) is 0 Å². The van der Waals surface area contributed by atoms with Crippen molar-refractivity contribution in [3.8, 4) is 0 Å². The fourth-order valence-corrected chi connectivity index (χ4v) is 1.54. The van der Waals surface area contributed by atoms with Gasteiger partial charge in [-0.15, -0.1) is 0 Å². The molecule has 0 atom stereocenters. The smallest absolute Gasteiger partial charge is 0.00646 e. The molecule has 0 fully saturated rings. The summed E-state index contributed by atoms with van der Waals surface area (Å²) in [6, 6.07) is 0. The first-order chi connectivity index (χ1) is 4.72. The molecule has 0 bridgehead atoms. The van der Waals surface area contributed by atoms with Crippen molar-refractivity contribution in [3.63, 3.8) is 0 Å². The summed E-state index contributed by atoms with van der Waals surface area (Å²) in [6.07, 6.45) is 9.41. The third-order valence-electron chi connectivity index (χ3n) is 2.51. The third-order valence-corrected chi connectivity index (χ3v) is 2.51. The van der Waals surface area contributed by atoms with Crippen molar-refractivity contribution >= 4 is 0 Å². The number of hydrogen-bond donors (Lipinski definition) is 0. The van der Waals surface area contributed by atoms with Gasteiger partial charge < -0.3 is 0 Å². The summed E-state index contributed by atoms with van der Waals surface area (Å²) in [5.74, 6) is 0. The maximum Gasteiger partial charge on any atom is 0.00646 e. The van der Waals surface area contributed by atoms with Crippen LogP contribution in [0.4, 0.5) is 0 Å². The third kappa shape index (κ3) is 1.16. The molecule has 0 N–H and O–H groups in total. The zero-order chi connectivity index (χ0) is 7.61. The van der Waals surface area contributed by atoms with Gasteiger partial charge in [0.1, 0.15) is 0 Å². The number of rotatable bonds is 2. The maximum absolute atomic E-state index is 2.38. The highest BCUT2D eigenvalue weighted by Crippen LogP contribution is 2.35. The second-order valence-corrected chi connectivity index (χ2v) is 3.16. The summed E-state index contributed by atoms with van der Waals surface area (Å²) in [6.45, 7) is 6.68. The predicted molar refractivity (Wildman–Crippen MR) is 45.9 cm³/mol. The predicted octanol–water partition coefficient (Wildman–Crippen LogP) is 3.31. The molecule has 0 heteroatoms. The van der Waals surface area contributed by atoms with Crippen molar-refractivity contribution in [1.29, 1.82) is 0 Å². The van der Waals surface area contributed by atoms with Gasteiger partial charge in [-0.25, -0.2) is 0 Å². The lowest BCUT2D eigenvalue weighted by atomic mass is 9.84. The van der Waals surface area contributed by atoms with Crippen molar-refractivity contribution in [2.75, 3.05) is 0 Å². The first-order valence-corrected chi connectivity index (χ1v) is 4.11. The Morgan fingerprint density at radius 2 is 1.90 bits per heavy atom. The lowest BCUT2D eigenvalue weighted by Gasteiger charge is -2.20. The first kappa shape index (κ1) is 7.59. The SMILES string of the molecule is CCC1(CC)C=CC(C)=C1. The quantitative estimate of drug-likeness (QED) is 0.546. The maximum atomic E-state index is 2.38. The Balaban J connectivity index is 2.80. The fourth-order valence-electron chi connectivity index (χ4n) is 1.54. The van der Waals surface area contributed by atoms with Crippen LogP contribution < -0.4 is 0 Å². The molecule has 10 heavy (non-hydrogen) atoms. The molecule has 0 unspecified atom stereocenters. The van der Waals surface area contributed by atoms with Crippen LogP contribution in [-0.2, 0) is 0 Å². The minimum Gasteiger partial charge on any atom is -0.0743 e. The van der Waals surface area contributed by atoms with Crippen molar-refractivity contribution in [2.24, 2.45) is 5.41 Å². The van der Waals surface area contributed by atoms with E-state index < -0.39 is 0 Å². The van der Waals surface area contributed by atoms with Crippen LogP contribution in [0, 0.1) is 5.41 Å². The molecule has 0 radical (unpaired) electrons. The lowest BCUT2D eigenvalue weighted by molar-refractivity contribution is 0.461. The summed E-state index contributed by atoms with van der Waals surface area (Å²) in [7, 11) is 0. The average molecular weight is 136 g/mol. The van der Waals surface area contributed by atoms with Crippen molar-refractivity contribution in [2.45, 2.75) is 33.6 Å². The standard InChI is InChI=1S/C10H16/c1-4-10(5-2)7-6-9(3)8-10/h6-8H,4-5H2,1-3H3. The van der Waals surface area contributed by atoms with E-state index in [4.69, 9.17) is 0 Å². The summed E-state index contributed by atoms with van der Waals surface area (Å²) in [4.78, 5) is 0. The van der Waals surface area contributed by atoms with Gasteiger partial charge in [-0.1, -0.05) is 37.6 Å². The Morgan fingerprint density at radius 3 is 2.10 bits per heavy atom. The molecular weight excluding hydrogens is 120 g/mol. The van der Waals surface area contributed by atoms with Crippen molar-refractivity contribution in [3.05, 3.63) is 23.8 Å². The topological polar surface area (TPSA) is 0 Å². The highest BCUT2D eigenvalue weighted by atomic mass is 14.3. The normalized spacial score (nSPS) is 21.3. The second-order valence-electron chi connectivity index (χ2n) is 3.16. The second kappa shape index (κ2) is 2.61. The number of hydrogen-bond acceptors (Lipinski definition) is 0. The Labute approximate surface area is 63.6 Å². The van der Waals surface area contributed by atoms with Gasteiger partial charge >= 0.3 is 0 Å². The Hall–Kier alpha value is -0.520. The first-order valence-electron chi connectivity index (χ1n) is 4.11. The van der Waals surface area contributed by atoms with Crippen LogP contribution in [0.1, 0.15) is 33.6 Å². The molecule has 56 valence electrons. The monoisotopic (exact) mass is 136 g/mol. The molecule has 0 aromatic rings. The van der Waals surface area contributed by atoms with E-state index >= 15 is 0 Å². The summed E-state index contributed by atoms with van der Waals surface area (Å²) in [5.41, 5.74) is 1.83. The average Bonchev–Trinajstić information content (AvgIpc) is 2.33. The molecule has 0 amide bonds. The molecule has 0 saturated heterocycles. The van der Waals surface area contributed by atoms with E-state index in [9.17, 15) is 0 Å². The van der Waals surface area contributed by atoms with E-state index in [1.807, 2.05) is 0 Å². The Kier molecular flexibility index (Phi) is 1.98. The van der Waals surface area contributed by atoms with Gasteiger partial charge in [0.25, 0.3) is 0 Å². The molecule has 0 aliphatic heterocycles. The minimum atomic E-state index is 0.407. The van der Waals surface area contributed by atoms with E-state index in [-0.39, 0.29) is 0 Å². The summed E-state index contributed by atoms with van der Waals surface area (Å²) in [5, 5.41) is 0. The van der Waals surface area contributed by atoms with E-state index in [0.717, 1.165) is 0 Å². The minimum absolute atomic E-state index is 0.407. The number of allylic oxidation sites excluding steroid dienone is 4. The molecule has 0 nitrogen and oxygen atoms in total. The van der Waals surface area contributed by atoms with Gasteiger partial charge in [-0.2, -0.15) is 0 Å². The molecule has 1 aliphatic rings. The molecule has 0 saturated carbocycles. The zero-order valence-electron chi connectivity index (χ0n) is 7.15. The molecule has 0 aromatic carbocycles. The molecule has 0 heterocycles. The van der Waals surface area contributed by atoms with Crippen molar-refractivity contribution < 1.29 is 0 Å². The van der Waals surface area contributed by atoms with E-state index in [1.165, 1.54) is 18.4 Å². The van der Waals surface area contributed by atoms with E-state index in [2.05, 4.69) is 39.0 Å². The van der Waals surface area contributed by atoms with Crippen LogP contribution in [0.3, 0.4) is 0 Å². The lowest BCUT2D eigenvalue weighted by Crippen LogP contribution is -2.09.